The maximum absolute atomic E-state index is 2.49. The molecule has 1 heteroatoms. The third-order valence-corrected chi connectivity index (χ3v) is 4.99. The number of hydrogen-bond donors (Lipinski definition) is 0. The van der Waals surface area contributed by atoms with E-state index in [-0.39, 0.29) is 0 Å². The molecule has 3 aromatic carbocycles. The molecule has 0 aliphatic heterocycles. The fourth-order valence-electron chi connectivity index (χ4n) is 4.14. The van der Waals surface area contributed by atoms with E-state index >= 15 is 0 Å². The Morgan fingerprint density at radius 3 is 2.45 bits per heavy atom. The second kappa shape index (κ2) is 4.23. The first kappa shape index (κ1) is 12.0. The van der Waals surface area contributed by atoms with E-state index in [2.05, 4.69) is 72.2 Å². The summed E-state index contributed by atoms with van der Waals surface area (Å²) in [4.78, 5) is 0. The van der Waals surface area contributed by atoms with Gasteiger partial charge in [0.2, 0.25) is 0 Å². The first-order chi connectivity index (χ1) is 10.9. The molecule has 22 heavy (non-hydrogen) atoms. The van der Waals surface area contributed by atoms with Crippen LogP contribution in [-0.2, 0) is 13.0 Å². The maximum atomic E-state index is 2.49. The van der Waals surface area contributed by atoms with Crippen molar-refractivity contribution in [3.8, 4) is 0 Å². The zero-order chi connectivity index (χ0) is 14.7. The van der Waals surface area contributed by atoms with E-state index in [0.29, 0.717) is 0 Å². The summed E-state index contributed by atoms with van der Waals surface area (Å²) < 4.78 is 2.49. The van der Waals surface area contributed by atoms with Gasteiger partial charge in [-0.3, -0.25) is 0 Å². The summed E-state index contributed by atoms with van der Waals surface area (Å²) in [6.45, 7) is 3.25. The number of rotatable bonds is 1. The summed E-state index contributed by atoms with van der Waals surface area (Å²) in [6.07, 6.45) is 5.65. The predicted octanol–water partition coefficient (Wildman–Crippen LogP) is 5.54. The van der Waals surface area contributed by atoms with Crippen molar-refractivity contribution in [2.45, 2.75) is 19.9 Å². The van der Waals surface area contributed by atoms with Gasteiger partial charge in [-0.15, -0.1) is 0 Å². The van der Waals surface area contributed by atoms with Gasteiger partial charge in [-0.2, -0.15) is 0 Å². The lowest BCUT2D eigenvalue weighted by molar-refractivity contribution is 0.824. The van der Waals surface area contributed by atoms with Gasteiger partial charge in [-0.05, 0) is 41.3 Å². The van der Waals surface area contributed by atoms with Gasteiger partial charge in [0.15, 0.2) is 0 Å². The van der Waals surface area contributed by atoms with Gasteiger partial charge in [0.05, 0.1) is 5.52 Å². The normalized spacial score (nSPS) is 13.5. The van der Waals surface area contributed by atoms with Crippen molar-refractivity contribution < 1.29 is 0 Å². The van der Waals surface area contributed by atoms with Crippen LogP contribution in [0.3, 0.4) is 0 Å². The monoisotopic (exact) mass is 283 g/mol. The van der Waals surface area contributed by atoms with Crippen LogP contribution in [0.4, 0.5) is 0 Å². The highest BCUT2D eigenvalue weighted by molar-refractivity contribution is 6.23. The number of fused-ring (bicyclic) bond motifs is 8. The van der Waals surface area contributed by atoms with Crippen LogP contribution in [-0.4, -0.2) is 4.57 Å². The number of hydrogen-bond acceptors (Lipinski definition) is 0. The van der Waals surface area contributed by atoms with Gasteiger partial charge >= 0.3 is 0 Å². The standard InChI is InChI=1S/C21H17N/c1-2-22-19-13-6-5-10-18(19)20-16-9-4-3-8-14(16)15-11-7-12-17(15)21(20)22/h3-11,13H,2,12H2,1H3. The SMILES string of the molecule is CCn1c2ccccc2c2c3ccccc3c3c(c21)CC=C3. The van der Waals surface area contributed by atoms with Crippen LogP contribution < -0.4 is 0 Å². The quantitative estimate of drug-likeness (QED) is 0.432. The van der Waals surface area contributed by atoms with E-state index in [1.165, 1.54) is 43.7 Å². The topological polar surface area (TPSA) is 4.93 Å². The summed E-state index contributed by atoms with van der Waals surface area (Å²) in [5.41, 5.74) is 5.69. The molecule has 1 heterocycles. The van der Waals surface area contributed by atoms with Gasteiger partial charge in [0.25, 0.3) is 0 Å². The Bertz CT molecular complexity index is 1080. The van der Waals surface area contributed by atoms with E-state index in [1.54, 1.807) is 0 Å². The summed E-state index contributed by atoms with van der Waals surface area (Å²) in [5.74, 6) is 0. The molecule has 0 amide bonds. The average Bonchev–Trinajstić information content (AvgIpc) is 3.17. The number of allylic oxidation sites excluding steroid dienone is 1. The lowest BCUT2D eigenvalue weighted by atomic mass is 9.95. The fraction of sp³-hybridized carbons (Fsp3) is 0.143. The highest BCUT2D eigenvalue weighted by Gasteiger charge is 2.20. The van der Waals surface area contributed by atoms with Crippen LogP contribution in [0, 0.1) is 0 Å². The molecular weight excluding hydrogens is 266 g/mol. The molecule has 0 unspecified atom stereocenters. The first-order valence-electron chi connectivity index (χ1n) is 8.01. The average molecular weight is 283 g/mol. The van der Waals surface area contributed by atoms with Gasteiger partial charge in [0.1, 0.15) is 0 Å². The van der Waals surface area contributed by atoms with Crippen molar-refractivity contribution in [3.05, 3.63) is 65.7 Å². The minimum absolute atomic E-state index is 1.01. The second-order valence-corrected chi connectivity index (χ2v) is 6.03. The van der Waals surface area contributed by atoms with Crippen molar-refractivity contribution in [2.24, 2.45) is 0 Å². The molecule has 0 radical (unpaired) electrons. The minimum atomic E-state index is 1.01. The molecule has 1 nitrogen and oxygen atoms in total. The van der Waals surface area contributed by atoms with Crippen LogP contribution in [0.2, 0.25) is 0 Å². The molecule has 1 aliphatic carbocycles. The van der Waals surface area contributed by atoms with Crippen molar-refractivity contribution in [2.75, 3.05) is 0 Å². The van der Waals surface area contributed by atoms with E-state index in [0.717, 1.165) is 13.0 Å². The Hall–Kier alpha value is -2.54. The highest BCUT2D eigenvalue weighted by Crippen LogP contribution is 2.41. The van der Waals surface area contributed by atoms with E-state index < -0.39 is 0 Å². The Kier molecular flexibility index (Phi) is 2.32. The molecule has 0 saturated carbocycles. The molecule has 1 aromatic heterocycles. The number of para-hydroxylation sites is 1. The van der Waals surface area contributed by atoms with Gasteiger partial charge in [-0.1, -0.05) is 54.6 Å². The van der Waals surface area contributed by atoms with E-state index in [1.807, 2.05) is 0 Å². The number of benzene rings is 3. The van der Waals surface area contributed by atoms with Crippen LogP contribution in [0.1, 0.15) is 18.1 Å². The van der Waals surface area contributed by atoms with E-state index in [4.69, 9.17) is 0 Å². The number of aromatic nitrogens is 1. The molecule has 4 aromatic rings. The summed E-state index contributed by atoms with van der Waals surface area (Å²) in [7, 11) is 0. The summed E-state index contributed by atoms with van der Waals surface area (Å²) >= 11 is 0. The third-order valence-electron chi connectivity index (χ3n) is 4.99. The van der Waals surface area contributed by atoms with Gasteiger partial charge < -0.3 is 4.57 Å². The van der Waals surface area contributed by atoms with E-state index in [9.17, 15) is 0 Å². The van der Waals surface area contributed by atoms with Crippen LogP contribution in [0.25, 0.3) is 38.7 Å². The zero-order valence-electron chi connectivity index (χ0n) is 12.6. The summed E-state index contributed by atoms with van der Waals surface area (Å²) in [5, 5.41) is 5.57. The Labute approximate surface area is 129 Å². The molecule has 1 aliphatic rings. The van der Waals surface area contributed by atoms with Crippen molar-refractivity contribution in [3.63, 3.8) is 0 Å². The molecule has 0 atom stereocenters. The van der Waals surface area contributed by atoms with Crippen LogP contribution in [0.15, 0.2) is 54.6 Å². The lowest BCUT2D eigenvalue weighted by Gasteiger charge is -2.11. The molecular formula is C21H17N. The zero-order valence-corrected chi connectivity index (χ0v) is 12.6. The van der Waals surface area contributed by atoms with Crippen molar-refractivity contribution >= 4 is 38.7 Å². The Morgan fingerprint density at radius 2 is 1.64 bits per heavy atom. The number of aryl methyl sites for hydroxylation is 1. The Balaban J connectivity index is 2.19. The molecule has 5 rings (SSSR count). The molecule has 0 fully saturated rings. The largest absolute Gasteiger partial charge is 0.340 e. The van der Waals surface area contributed by atoms with Crippen LogP contribution >= 0.6 is 0 Å². The fourth-order valence-corrected chi connectivity index (χ4v) is 4.14. The molecule has 0 spiro atoms. The van der Waals surface area contributed by atoms with Crippen molar-refractivity contribution in [1.82, 2.24) is 4.57 Å². The first-order valence-corrected chi connectivity index (χ1v) is 8.01. The number of nitrogens with zero attached hydrogens (tertiary/aromatic N) is 1. The van der Waals surface area contributed by atoms with Crippen molar-refractivity contribution in [1.29, 1.82) is 0 Å². The van der Waals surface area contributed by atoms with Gasteiger partial charge in [0, 0.05) is 22.8 Å². The molecule has 0 saturated heterocycles. The van der Waals surface area contributed by atoms with Gasteiger partial charge in [-0.25, -0.2) is 0 Å². The smallest absolute Gasteiger partial charge is 0.0539 e. The summed E-state index contributed by atoms with van der Waals surface area (Å²) in [6, 6.07) is 17.7. The Morgan fingerprint density at radius 1 is 0.909 bits per heavy atom. The lowest BCUT2D eigenvalue weighted by Crippen LogP contribution is -1.97. The van der Waals surface area contributed by atoms with Crippen LogP contribution in [0.5, 0.6) is 0 Å². The minimum Gasteiger partial charge on any atom is -0.340 e. The molecule has 0 bridgehead atoms. The highest BCUT2D eigenvalue weighted by atomic mass is 15.0. The maximum Gasteiger partial charge on any atom is 0.0539 e. The third kappa shape index (κ3) is 1.34. The molecule has 106 valence electrons. The molecule has 0 N–H and O–H groups in total. The second-order valence-electron chi connectivity index (χ2n) is 6.03. The predicted molar refractivity (Wildman–Crippen MR) is 95.4 cm³/mol.